The summed E-state index contributed by atoms with van der Waals surface area (Å²) in [7, 11) is 0. The second-order valence-corrected chi connectivity index (χ2v) is 6.39. The van der Waals surface area contributed by atoms with Gasteiger partial charge in [0.05, 0.1) is 6.61 Å². The summed E-state index contributed by atoms with van der Waals surface area (Å²) >= 11 is 0. The molecule has 0 bridgehead atoms. The van der Waals surface area contributed by atoms with Crippen molar-refractivity contribution in [2.75, 3.05) is 19.8 Å². The molecule has 0 spiro atoms. The Balaban J connectivity index is 2.92. The van der Waals surface area contributed by atoms with E-state index in [9.17, 15) is 0 Å². The number of hydrogen-bond acceptors (Lipinski definition) is 2. The first-order valence-electron chi connectivity index (χ1n) is 9.71. The summed E-state index contributed by atoms with van der Waals surface area (Å²) in [5.41, 5.74) is 0. The predicted octanol–water partition coefficient (Wildman–Crippen LogP) is 6.03. The van der Waals surface area contributed by atoms with E-state index in [1.54, 1.807) is 0 Å². The summed E-state index contributed by atoms with van der Waals surface area (Å²) in [6, 6.07) is 0. The van der Waals surface area contributed by atoms with Crippen molar-refractivity contribution >= 4 is 0 Å². The van der Waals surface area contributed by atoms with Crippen molar-refractivity contribution in [3.63, 3.8) is 0 Å². The minimum Gasteiger partial charge on any atom is -0.396 e. The molecule has 0 aliphatic heterocycles. The topological polar surface area (TPSA) is 29.5 Å². The number of rotatable bonds is 19. The summed E-state index contributed by atoms with van der Waals surface area (Å²) < 4.78 is 5.37. The zero-order chi connectivity index (χ0) is 16.1. The summed E-state index contributed by atoms with van der Waals surface area (Å²) in [6.45, 7) is 5.60. The normalized spacial score (nSPS) is 11.0. The minimum absolute atomic E-state index is 0.364. The lowest BCUT2D eigenvalue weighted by Crippen LogP contribution is -1.93. The Kier molecular flexibility index (Phi) is 20.3. The molecule has 0 fully saturated rings. The molecule has 0 saturated heterocycles. The lowest BCUT2D eigenvalue weighted by molar-refractivity contribution is 0.157. The minimum atomic E-state index is 0.364. The molecule has 22 heavy (non-hydrogen) atoms. The summed E-state index contributed by atoms with van der Waals surface area (Å²) in [6.07, 6.45) is 21.8. The van der Waals surface area contributed by atoms with Gasteiger partial charge in [0.2, 0.25) is 0 Å². The maximum absolute atomic E-state index is 8.69. The van der Waals surface area contributed by atoms with Gasteiger partial charge in [0.1, 0.15) is 0 Å². The van der Waals surface area contributed by atoms with Gasteiger partial charge >= 0.3 is 0 Å². The Bertz CT molecular complexity index is 204. The van der Waals surface area contributed by atoms with Crippen LogP contribution in [0.15, 0.2) is 12.7 Å². The van der Waals surface area contributed by atoms with Gasteiger partial charge in [0.15, 0.2) is 0 Å². The van der Waals surface area contributed by atoms with E-state index < -0.39 is 0 Å². The molecular weight excluding hydrogens is 272 g/mol. The Morgan fingerprint density at radius 2 is 0.955 bits per heavy atom. The molecule has 1 N–H and O–H groups in total. The third kappa shape index (κ3) is 19.7. The fourth-order valence-electron chi connectivity index (χ4n) is 2.78. The van der Waals surface area contributed by atoms with E-state index in [0.29, 0.717) is 13.2 Å². The van der Waals surface area contributed by atoms with Crippen LogP contribution in [0.4, 0.5) is 0 Å². The van der Waals surface area contributed by atoms with E-state index in [4.69, 9.17) is 9.84 Å². The number of aliphatic hydroxyl groups is 1. The van der Waals surface area contributed by atoms with Crippen LogP contribution in [0.25, 0.3) is 0 Å². The molecular formula is C20H40O2. The molecule has 0 atom stereocenters. The molecule has 0 aromatic heterocycles. The predicted molar refractivity (Wildman–Crippen MR) is 97.4 cm³/mol. The standard InChI is InChI=1S/C20H40O2/c1-2-19-22-20-17-15-13-11-9-7-5-3-4-6-8-10-12-14-16-18-21/h2,21H,1,3-20H2. The van der Waals surface area contributed by atoms with Crippen LogP contribution in [0.1, 0.15) is 96.3 Å². The quantitative estimate of drug-likeness (QED) is 0.233. The van der Waals surface area contributed by atoms with Crippen LogP contribution in [0, 0.1) is 0 Å². The van der Waals surface area contributed by atoms with Gasteiger partial charge in [-0.15, -0.1) is 6.58 Å². The molecule has 0 aliphatic carbocycles. The average molecular weight is 313 g/mol. The van der Waals surface area contributed by atoms with Crippen molar-refractivity contribution in [2.45, 2.75) is 96.3 Å². The van der Waals surface area contributed by atoms with Crippen molar-refractivity contribution < 1.29 is 9.84 Å². The fourth-order valence-corrected chi connectivity index (χ4v) is 2.78. The van der Waals surface area contributed by atoms with Gasteiger partial charge in [0.25, 0.3) is 0 Å². The van der Waals surface area contributed by atoms with Crippen molar-refractivity contribution in [3.8, 4) is 0 Å². The van der Waals surface area contributed by atoms with Crippen molar-refractivity contribution in [3.05, 3.63) is 12.7 Å². The second kappa shape index (κ2) is 20.7. The van der Waals surface area contributed by atoms with Crippen molar-refractivity contribution in [2.24, 2.45) is 0 Å². The monoisotopic (exact) mass is 312 g/mol. The summed E-state index contributed by atoms with van der Waals surface area (Å²) in [4.78, 5) is 0. The average Bonchev–Trinajstić information content (AvgIpc) is 2.54. The van der Waals surface area contributed by atoms with Crippen LogP contribution in [-0.2, 0) is 4.74 Å². The third-order valence-corrected chi connectivity index (χ3v) is 4.18. The van der Waals surface area contributed by atoms with Crippen LogP contribution in [0.2, 0.25) is 0 Å². The van der Waals surface area contributed by atoms with Gasteiger partial charge in [-0.2, -0.15) is 0 Å². The first-order valence-corrected chi connectivity index (χ1v) is 9.71. The van der Waals surface area contributed by atoms with Crippen LogP contribution in [0.3, 0.4) is 0 Å². The van der Waals surface area contributed by atoms with Crippen LogP contribution >= 0.6 is 0 Å². The van der Waals surface area contributed by atoms with Gasteiger partial charge in [-0.3, -0.25) is 0 Å². The number of ether oxygens (including phenoxy) is 1. The van der Waals surface area contributed by atoms with Crippen molar-refractivity contribution in [1.82, 2.24) is 0 Å². The van der Waals surface area contributed by atoms with Crippen LogP contribution in [-0.4, -0.2) is 24.9 Å². The maximum Gasteiger partial charge on any atom is 0.0644 e. The largest absolute Gasteiger partial charge is 0.396 e. The molecule has 0 heterocycles. The Morgan fingerprint density at radius 3 is 1.32 bits per heavy atom. The molecule has 0 unspecified atom stereocenters. The Hall–Kier alpha value is -0.340. The molecule has 0 radical (unpaired) electrons. The highest BCUT2D eigenvalue weighted by Gasteiger charge is 1.94. The summed E-state index contributed by atoms with van der Waals surface area (Å²) in [5, 5.41) is 8.69. The van der Waals surface area contributed by atoms with Gasteiger partial charge in [0, 0.05) is 13.2 Å². The van der Waals surface area contributed by atoms with E-state index in [2.05, 4.69) is 6.58 Å². The third-order valence-electron chi connectivity index (χ3n) is 4.18. The van der Waals surface area contributed by atoms with E-state index in [0.717, 1.165) is 13.0 Å². The number of hydrogen-bond donors (Lipinski definition) is 1. The highest BCUT2D eigenvalue weighted by molar-refractivity contribution is 4.63. The molecule has 0 saturated carbocycles. The smallest absolute Gasteiger partial charge is 0.0644 e. The molecule has 132 valence electrons. The van der Waals surface area contributed by atoms with Gasteiger partial charge < -0.3 is 9.84 Å². The zero-order valence-corrected chi connectivity index (χ0v) is 14.9. The zero-order valence-electron chi connectivity index (χ0n) is 14.9. The molecule has 0 aromatic carbocycles. The molecule has 0 rings (SSSR count). The molecule has 0 aromatic rings. The fraction of sp³-hybridized carbons (Fsp3) is 0.900. The van der Waals surface area contributed by atoms with Gasteiger partial charge in [-0.1, -0.05) is 89.5 Å². The van der Waals surface area contributed by atoms with E-state index >= 15 is 0 Å². The van der Waals surface area contributed by atoms with Gasteiger partial charge in [-0.25, -0.2) is 0 Å². The lowest BCUT2D eigenvalue weighted by Gasteiger charge is -2.04. The molecule has 0 amide bonds. The van der Waals surface area contributed by atoms with E-state index in [1.807, 2.05) is 6.08 Å². The molecule has 2 heteroatoms. The number of unbranched alkanes of at least 4 members (excludes halogenated alkanes) is 14. The maximum atomic E-state index is 8.69. The van der Waals surface area contributed by atoms with E-state index in [1.165, 1.54) is 89.9 Å². The van der Waals surface area contributed by atoms with Crippen LogP contribution < -0.4 is 0 Å². The van der Waals surface area contributed by atoms with Gasteiger partial charge in [-0.05, 0) is 12.8 Å². The Morgan fingerprint density at radius 1 is 0.591 bits per heavy atom. The Labute approximate surface area is 139 Å². The highest BCUT2D eigenvalue weighted by atomic mass is 16.5. The molecule has 2 nitrogen and oxygen atoms in total. The molecule has 0 aliphatic rings. The highest BCUT2D eigenvalue weighted by Crippen LogP contribution is 2.13. The first-order chi connectivity index (χ1) is 10.9. The van der Waals surface area contributed by atoms with Crippen LogP contribution in [0.5, 0.6) is 0 Å². The number of aliphatic hydroxyl groups excluding tert-OH is 1. The first kappa shape index (κ1) is 21.7. The SMILES string of the molecule is C=CCOCCCCCCCCCCCCCCCCCO. The second-order valence-electron chi connectivity index (χ2n) is 6.39. The lowest BCUT2D eigenvalue weighted by atomic mass is 10.0. The van der Waals surface area contributed by atoms with Crippen molar-refractivity contribution in [1.29, 1.82) is 0 Å². The van der Waals surface area contributed by atoms with E-state index in [-0.39, 0.29) is 0 Å². The summed E-state index contributed by atoms with van der Waals surface area (Å²) in [5.74, 6) is 0.